The van der Waals surface area contributed by atoms with Crippen molar-refractivity contribution in [3.05, 3.63) is 27.3 Å². The number of halogens is 1. The summed E-state index contributed by atoms with van der Waals surface area (Å²) < 4.78 is 0.967. The van der Waals surface area contributed by atoms with Crippen LogP contribution in [0.4, 0.5) is 0 Å². The molecule has 3 heteroatoms. The molecule has 1 unspecified atom stereocenters. The predicted molar refractivity (Wildman–Crippen MR) is 72.2 cm³/mol. The summed E-state index contributed by atoms with van der Waals surface area (Å²) in [6.07, 6.45) is 0. The van der Waals surface area contributed by atoms with Crippen molar-refractivity contribution in [3.8, 4) is 5.75 Å². The average Bonchev–Trinajstić information content (AvgIpc) is 2.23. The summed E-state index contributed by atoms with van der Waals surface area (Å²) in [4.78, 5) is 2.37. The van der Waals surface area contributed by atoms with E-state index < -0.39 is 0 Å². The van der Waals surface area contributed by atoms with E-state index in [0.29, 0.717) is 11.8 Å². The van der Waals surface area contributed by atoms with Gasteiger partial charge in [0.15, 0.2) is 0 Å². The minimum atomic E-state index is 0.360. The fourth-order valence-corrected chi connectivity index (χ4v) is 2.64. The largest absolute Gasteiger partial charge is 0.507 e. The van der Waals surface area contributed by atoms with Crippen LogP contribution in [0.15, 0.2) is 18.2 Å². The van der Waals surface area contributed by atoms with Gasteiger partial charge in [0.1, 0.15) is 5.75 Å². The van der Waals surface area contributed by atoms with Crippen molar-refractivity contribution in [1.29, 1.82) is 0 Å². The minimum Gasteiger partial charge on any atom is -0.507 e. The van der Waals surface area contributed by atoms with Gasteiger partial charge in [0.25, 0.3) is 0 Å². The number of rotatable bonds is 4. The Labute approximate surface area is 105 Å². The third kappa shape index (κ3) is 2.84. The molecular weight excluding hydrogens is 301 g/mol. The van der Waals surface area contributed by atoms with Gasteiger partial charge in [0.2, 0.25) is 0 Å². The Morgan fingerprint density at radius 3 is 2.47 bits per heavy atom. The van der Waals surface area contributed by atoms with E-state index in [-0.39, 0.29) is 0 Å². The summed E-state index contributed by atoms with van der Waals surface area (Å²) in [5.74, 6) is 0.382. The van der Waals surface area contributed by atoms with E-state index in [4.69, 9.17) is 0 Å². The number of aromatic hydroxyl groups is 1. The highest BCUT2D eigenvalue weighted by molar-refractivity contribution is 14.1. The molecule has 0 heterocycles. The molecule has 2 nitrogen and oxygen atoms in total. The van der Waals surface area contributed by atoms with Crippen molar-refractivity contribution in [1.82, 2.24) is 4.90 Å². The number of hydrogen-bond acceptors (Lipinski definition) is 2. The van der Waals surface area contributed by atoms with Gasteiger partial charge in [0.05, 0.1) is 3.57 Å². The molecule has 0 fully saturated rings. The lowest BCUT2D eigenvalue weighted by Gasteiger charge is -2.27. The summed E-state index contributed by atoms with van der Waals surface area (Å²) >= 11 is 2.21. The van der Waals surface area contributed by atoms with E-state index in [1.165, 1.54) is 5.56 Å². The van der Waals surface area contributed by atoms with Crippen molar-refractivity contribution in [3.63, 3.8) is 0 Å². The maximum atomic E-state index is 9.65. The molecule has 0 saturated heterocycles. The number of phenols is 1. The van der Waals surface area contributed by atoms with Crippen LogP contribution in [0.1, 0.15) is 32.4 Å². The molecule has 1 N–H and O–H groups in total. The van der Waals surface area contributed by atoms with Gasteiger partial charge in [-0.1, -0.05) is 26.0 Å². The average molecular weight is 319 g/mol. The van der Waals surface area contributed by atoms with Crippen LogP contribution in [0.2, 0.25) is 0 Å². The normalized spacial score (nSPS) is 13.1. The van der Waals surface area contributed by atoms with E-state index in [1.807, 2.05) is 6.07 Å². The van der Waals surface area contributed by atoms with Crippen LogP contribution in [0.3, 0.4) is 0 Å². The predicted octanol–water partition coefficient (Wildman–Crippen LogP) is 3.40. The van der Waals surface area contributed by atoms with Crippen LogP contribution in [0.5, 0.6) is 5.75 Å². The Kier molecular flexibility index (Phi) is 4.86. The van der Waals surface area contributed by atoms with Crippen LogP contribution in [0.25, 0.3) is 0 Å². The molecule has 0 saturated carbocycles. The quantitative estimate of drug-likeness (QED) is 0.860. The Hall–Kier alpha value is -0.290. The molecule has 0 bridgehead atoms. The zero-order valence-corrected chi connectivity index (χ0v) is 11.7. The van der Waals surface area contributed by atoms with Crippen LogP contribution in [0, 0.1) is 3.57 Å². The third-order valence-electron chi connectivity index (χ3n) is 2.82. The summed E-state index contributed by atoms with van der Waals surface area (Å²) in [6.45, 7) is 8.57. The van der Waals surface area contributed by atoms with Crippen LogP contribution < -0.4 is 0 Å². The fraction of sp³-hybridized carbons (Fsp3) is 0.500. The van der Waals surface area contributed by atoms with Crippen molar-refractivity contribution >= 4 is 22.6 Å². The van der Waals surface area contributed by atoms with Crippen LogP contribution in [-0.4, -0.2) is 23.1 Å². The Morgan fingerprint density at radius 2 is 1.93 bits per heavy atom. The number of phenolic OH excluding ortho intramolecular Hbond substituents is 1. The van der Waals surface area contributed by atoms with Crippen molar-refractivity contribution in [2.75, 3.05) is 13.1 Å². The molecule has 1 atom stereocenters. The summed E-state index contributed by atoms with van der Waals surface area (Å²) in [5, 5.41) is 9.65. The van der Waals surface area contributed by atoms with Gasteiger partial charge in [-0.05, 0) is 54.2 Å². The number of nitrogens with zero attached hydrogens (tertiary/aromatic N) is 1. The van der Waals surface area contributed by atoms with Crippen molar-refractivity contribution in [2.45, 2.75) is 26.8 Å². The smallest absolute Gasteiger partial charge is 0.129 e. The van der Waals surface area contributed by atoms with Crippen LogP contribution in [-0.2, 0) is 0 Å². The molecule has 0 amide bonds. The molecule has 84 valence electrons. The van der Waals surface area contributed by atoms with Gasteiger partial charge >= 0.3 is 0 Å². The number of benzene rings is 1. The van der Waals surface area contributed by atoms with E-state index in [1.54, 1.807) is 6.07 Å². The first-order valence-corrected chi connectivity index (χ1v) is 6.41. The first-order chi connectivity index (χ1) is 7.11. The first kappa shape index (κ1) is 12.8. The molecule has 1 aromatic rings. The van der Waals surface area contributed by atoms with E-state index in [2.05, 4.69) is 54.3 Å². The zero-order chi connectivity index (χ0) is 11.4. The van der Waals surface area contributed by atoms with Gasteiger partial charge in [-0.25, -0.2) is 0 Å². The highest BCUT2D eigenvalue weighted by Crippen LogP contribution is 2.30. The SMILES string of the molecule is CCN(CC)C(C)c1cccc(O)c1I. The summed E-state index contributed by atoms with van der Waals surface area (Å²) in [7, 11) is 0. The summed E-state index contributed by atoms with van der Waals surface area (Å²) in [5.41, 5.74) is 1.21. The molecule has 0 aromatic heterocycles. The first-order valence-electron chi connectivity index (χ1n) is 5.33. The molecule has 0 aliphatic carbocycles. The second kappa shape index (κ2) is 5.70. The lowest BCUT2D eigenvalue weighted by atomic mass is 10.1. The van der Waals surface area contributed by atoms with Gasteiger partial charge in [0, 0.05) is 6.04 Å². The highest BCUT2D eigenvalue weighted by Gasteiger charge is 2.16. The summed E-state index contributed by atoms with van der Waals surface area (Å²) in [6, 6.07) is 6.09. The van der Waals surface area contributed by atoms with Gasteiger partial charge in [-0.15, -0.1) is 0 Å². The number of hydrogen-bond donors (Lipinski definition) is 1. The molecule has 0 aliphatic heterocycles. The van der Waals surface area contributed by atoms with Crippen molar-refractivity contribution in [2.24, 2.45) is 0 Å². The Bertz CT molecular complexity index is 323. The molecule has 1 rings (SSSR count). The molecule has 15 heavy (non-hydrogen) atoms. The maximum Gasteiger partial charge on any atom is 0.129 e. The Balaban J connectivity index is 2.99. The van der Waals surface area contributed by atoms with Gasteiger partial charge in [-0.3, -0.25) is 4.90 Å². The maximum absolute atomic E-state index is 9.65. The highest BCUT2D eigenvalue weighted by atomic mass is 127. The topological polar surface area (TPSA) is 23.5 Å². The Morgan fingerprint density at radius 1 is 1.33 bits per heavy atom. The fourth-order valence-electron chi connectivity index (χ4n) is 1.83. The van der Waals surface area contributed by atoms with Gasteiger partial charge < -0.3 is 5.11 Å². The molecular formula is C12H18INO. The molecule has 0 aliphatic rings. The molecule has 0 spiro atoms. The zero-order valence-electron chi connectivity index (χ0n) is 9.50. The monoisotopic (exact) mass is 319 g/mol. The minimum absolute atomic E-state index is 0.360. The lowest BCUT2D eigenvalue weighted by Crippen LogP contribution is -2.26. The third-order valence-corrected chi connectivity index (χ3v) is 3.99. The van der Waals surface area contributed by atoms with Crippen LogP contribution >= 0.6 is 22.6 Å². The van der Waals surface area contributed by atoms with E-state index >= 15 is 0 Å². The molecule has 0 radical (unpaired) electrons. The second-order valence-corrected chi connectivity index (χ2v) is 4.66. The van der Waals surface area contributed by atoms with E-state index in [9.17, 15) is 5.11 Å². The lowest BCUT2D eigenvalue weighted by molar-refractivity contribution is 0.233. The second-order valence-electron chi connectivity index (χ2n) is 3.58. The van der Waals surface area contributed by atoms with Crippen molar-refractivity contribution < 1.29 is 5.11 Å². The standard InChI is InChI=1S/C12H18INO/c1-4-14(5-2)9(3)10-7-6-8-11(15)12(10)13/h6-9,15H,4-5H2,1-3H3. The van der Waals surface area contributed by atoms with E-state index in [0.717, 1.165) is 16.7 Å². The molecule has 1 aromatic carbocycles. The van der Waals surface area contributed by atoms with Gasteiger partial charge in [-0.2, -0.15) is 0 Å².